The fraction of sp³-hybridized carbons (Fsp3) is 0.875. The molecule has 6 heteroatoms. The van der Waals surface area contributed by atoms with Crippen LogP contribution in [0.25, 0.3) is 0 Å². The largest absolute Gasteiger partial charge is 4.00 e. The van der Waals surface area contributed by atoms with E-state index in [1.165, 1.54) is 25.7 Å². The van der Waals surface area contributed by atoms with E-state index in [9.17, 15) is 9.79 Å². The van der Waals surface area contributed by atoms with Gasteiger partial charge in [-0.15, -0.1) is 0 Å². The fourth-order valence-electron chi connectivity index (χ4n) is 0.697. The Morgan fingerprint density at radius 3 is 2.00 bits per heavy atom. The molecule has 0 bridgehead atoms. The topological polar surface area (TPSA) is 46.1 Å². The molecule has 1 atom stereocenters. The van der Waals surface area contributed by atoms with Crippen molar-refractivity contribution in [2.24, 2.45) is 5.92 Å². The van der Waals surface area contributed by atoms with Crippen molar-refractivity contribution >= 4 is 29.7 Å². The van der Waals surface area contributed by atoms with Crippen molar-refractivity contribution in [1.29, 1.82) is 0 Å². The molecule has 14 heavy (non-hydrogen) atoms. The first-order chi connectivity index (χ1) is 5.81. The molecule has 2 nitrogen and oxygen atoms in total. The third kappa shape index (κ3) is 37.4. The van der Waals surface area contributed by atoms with Crippen molar-refractivity contribution in [3.8, 4) is 0 Å². The smallest absolute Gasteiger partial charge is 0.850 e. The maximum atomic E-state index is 9.29. The molecule has 84 valence electrons. The van der Waals surface area contributed by atoms with E-state index in [0.717, 1.165) is 0 Å². The fourth-order valence-corrected chi connectivity index (χ4v) is 0.697. The van der Waals surface area contributed by atoms with Gasteiger partial charge in [0.05, 0.1) is 0 Å². The van der Waals surface area contributed by atoms with E-state index in [2.05, 4.69) is 44.8 Å². The van der Waals surface area contributed by atoms with Crippen LogP contribution in [0.1, 0.15) is 39.5 Å². The molecule has 0 radical (unpaired) electrons. The minimum absolute atomic E-state index is 0. The third-order valence-corrected chi connectivity index (χ3v) is 1.54. The van der Waals surface area contributed by atoms with E-state index in [0.29, 0.717) is 5.92 Å². The Morgan fingerprint density at radius 2 is 1.79 bits per heavy atom. The van der Waals surface area contributed by atoms with Gasteiger partial charge >= 0.3 is 21.1 Å². The van der Waals surface area contributed by atoms with E-state index < -0.39 is 5.69 Å². The summed E-state index contributed by atoms with van der Waals surface area (Å²) in [7, 11) is 0. The molecule has 0 rings (SSSR count). The summed E-state index contributed by atoms with van der Waals surface area (Å²) in [6, 6.07) is 0. The van der Waals surface area contributed by atoms with Gasteiger partial charge in [-0.1, -0.05) is 39.5 Å². The Bertz CT molecular complexity index is 144. The normalized spacial score (nSPS) is 12.1. The van der Waals surface area contributed by atoms with Gasteiger partial charge in [-0.3, -0.25) is 0 Å². The summed E-state index contributed by atoms with van der Waals surface area (Å²) in [5.74, 6) is 0.704. The molecule has 0 aliphatic heterocycles. The molecule has 0 aromatic carbocycles. The van der Waals surface area contributed by atoms with Gasteiger partial charge in [0.1, 0.15) is 0 Å². The van der Waals surface area contributed by atoms with Crippen LogP contribution >= 0.6 is 5.69 Å². The van der Waals surface area contributed by atoms with Crippen LogP contribution in [-0.4, -0.2) is 0 Å². The van der Waals surface area contributed by atoms with Crippen LogP contribution in [0.2, 0.25) is 0 Å². The summed E-state index contributed by atoms with van der Waals surface area (Å²) in [6.07, 6.45) is 5.21. The summed E-state index contributed by atoms with van der Waals surface area (Å²) < 4.78 is 0. The van der Waals surface area contributed by atoms with Gasteiger partial charge < -0.3 is 34.7 Å². The van der Waals surface area contributed by atoms with E-state index in [1.807, 2.05) is 0 Å². The van der Waals surface area contributed by atoms with Crippen LogP contribution in [0.5, 0.6) is 0 Å². The molecule has 0 aliphatic rings. The zero-order valence-electron chi connectivity index (χ0n) is 8.60. The predicted molar refractivity (Wildman–Crippen MR) is 60.3 cm³/mol. The summed E-state index contributed by atoms with van der Waals surface area (Å²) in [5, 5.41) is 0. The molecule has 0 heterocycles. The molecule has 0 spiro atoms. The zero-order valence-corrected chi connectivity index (χ0v) is 13.1. The minimum Gasteiger partial charge on any atom is -0.850 e. The van der Waals surface area contributed by atoms with E-state index in [1.54, 1.807) is 0 Å². The van der Waals surface area contributed by atoms with Crippen LogP contribution < -0.4 is 9.79 Å². The van der Waals surface area contributed by atoms with Gasteiger partial charge in [-0.25, -0.2) is 0 Å². The standard InChI is InChI=1S/C8H17.Mo.H3O2PS2/c1-4-6-7-8(3)5-2;;1-3(2,4)5/h8H,3-7H2,1-2H3;;(H3,1,2,4,5)/q-1;+4;/p-3. The van der Waals surface area contributed by atoms with Crippen LogP contribution in [0, 0.1) is 12.8 Å². The SMILES string of the molecule is [CH2-]C(CC)CCCC.[Mo+4].[O-]P([O-])(=S)[S-]. The van der Waals surface area contributed by atoms with Crippen LogP contribution in [0.4, 0.5) is 0 Å². The number of rotatable bonds is 4. The Kier molecular flexibility index (Phi) is 19.0. The molecule has 0 aliphatic carbocycles. The molecule has 0 saturated carbocycles. The molecule has 0 N–H and O–H groups in total. The maximum Gasteiger partial charge on any atom is 4.00 e. The number of unbranched alkanes of at least 4 members (excludes halogenated alkanes) is 1. The van der Waals surface area contributed by atoms with Gasteiger partial charge in [0.2, 0.25) is 0 Å². The second-order valence-electron chi connectivity index (χ2n) is 2.86. The van der Waals surface area contributed by atoms with Crippen molar-refractivity contribution in [2.75, 3.05) is 0 Å². The first-order valence-corrected chi connectivity index (χ1v) is 8.02. The number of hydrogen-bond acceptors (Lipinski definition) is 4. The van der Waals surface area contributed by atoms with E-state index in [4.69, 9.17) is 0 Å². The zero-order chi connectivity index (χ0) is 10.9. The van der Waals surface area contributed by atoms with Gasteiger partial charge in [0.15, 0.2) is 0 Å². The third-order valence-electron chi connectivity index (χ3n) is 1.54. The van der Waals surface area contributed by atoms with E-state index in [-0.39, 0.29) is 21.1 Å². The second kappa shape index (κ2) is 12.7. The average Bonchev–Trinajstić information content (AvgIpc) is 1.97. The Hall–Kier alpha value is 1.61. The Balaban J connectivity index is -0.000000177. The van der Waals surface area contributed by atoms with Crippen LogP contribution in [-0.2, 0) is 45.1 Å². The molecular weight excluding hydrogens is 319 g/mol. The van der Waals surface area contributed by atoms with Crippen molar-refractivity contribution in [3.63, 3.8) is 0 Å². The second-order valence-corrected chi connectivity index (χ2v) is 7.34. The molecular formula is C8H17MoO2PS2. The van der Waals surface area contributed by atoms with E-state index >= 15 is 0 Å². The average molecular weight is 336 g/mol. The van der Waals surface area contributed by atoms with Gasteiger partial charge in [0.25, 0.3) is 0 Å². The van der Waals surface area contributed by atoms with Crippen molar-refractivity contribution in [3.05, 3.63) is 6.92 Å². The van der Waals surface area contributed by atoms with Crippen molar-refractivity contribution in [1.82, 2.24) is 0 Å². The van der Waals surface area contributed by atoms with Gasteiger partial charge in [0, 0.05) is 0 Å². The summed E-state index contributed by atoms with van der Waals surface area (Å²) in [5.41, 5.74) is -3.72. The Labute approximate surface area is 112 Å². The minimum atomic E-state index is -3.72. The Morgan fingerprint density at radius 1 is 1.43 bits per heavy atom. The summed E-state index contributed by atoms with van der Waals surface area (Å²) >= 11 is 7.28. The first-order valence-electron chi connectivity index (χ1n) is 4.37. The monoisotopic (exact) mass is 338 g/mol. The molecule has 0 amide bonds. The number of hydrogen-bond donors (Lipinski definition) is 0. The van der Waals surface area contributed by atoms with Crippen molar-refractivity contribution in [2.45, 2.75) is 39.5 Å². The predicted octanol–water partition coefficient (Wildman–Crippen LogP) is 1.51. The maximum absolute atomic E-state index is 9.29. The van der Waals surface area contributed by atoms with Gasteiger partial charge in [-0.05, 0) is 0 Å². The molecule has 0 saturated heterocycles. The quantitative estimate of drug-likeness (QED) is 0.338. The van der Waals surface area contributed by atoms with Crippen LogP contribution in [0.15, 0.2) is 0 Å². The summed E-state index contributed by atoms with van der Waals surface area (Å²) in [6.45, 7) is 8.42. The first kappa shape index (κ1) is 21.0. The van der Waals surface area contributed by atoms with Crippen LogP contribution in [0.3, 0.4) is 0 Å². The van der Waals surface area contributed by atoms with Gasteiger partial charge in [-0.2, -0.15) is 17.7 Å². The molecule has 0 aromatic heterocycles. The molecule has 1 unspecified atom stereocenters. The molecule has 0 fully saturated rings. The molecule has 0 aromatic rings. The summed E-state index contributed by atoms with van der Waals surface area (Å²) in [4.78, 5) is 18.6. The van der Waals surface area contributed by atoms with Crippen molar-refractivity contribution < 1.29 is 30.9 Å².